The normalized spacial score (nSPS) is 11.7. The molecule has 1 aromatic carbocycles. The fourth-order valence-electron chi connectivity index (χ4n) is 0.907. The second-order valence-corrected chi connectivity index (χ2v) is 5.32. The Bertz CT molecular complexity index is 449. The molecule has 4 nitrogen and oxygen atoms in total. The minimum absolute atomic E-state index is 0.0972. The number of sulfonamides is 1. The molecule has 0 aliphatic carbocycles. The summed E-state index contributed by atoms with van der Waals surface area (Å²) in [6, 6.07) is 3.49. The van der Waals surface area contributed by atoms with Crippen molar-refractivity contribution < 1.29 is 17.9 Å². The molecule has 0 amide bonds. The van der Waals surface area contributed by atoms with Gasteiger partial charge < -0.3 is 5.11 Å². The van der Waals surface area contributed by atoms with Crippen LogP contribution in [0, 0.1) is 5.82 Å². The minimum atomic E-state index is -3.73. The molecule has 7 heteroatoms. The van der Waals surface area contributed by atoms with Crippen molar-refractivity contribution in [3.8, 4) is 0 Å². The van der Waals surface area contributed by atoms with Crippen molar-refractivity contribution in [2.75, 3.05) is 13.2 Å². The molecular formula is C8H9BrFNO3S. The van der Waals surface area contributed by atoms with Crippen LogP contribution in [0.25, 0.3) is 0 Å². The number of nitrogens with one attached hydrogen (secondary N) is 1. The van der Waals surface area contributed by atoms with E-state index in [4.69, 9.17) is 5.11 Å². The van der Waals surface area contributed by atoms with E-state index in [0.29, 0.717) is 0 Å². The third-order valence-corrected chi connectivity index (χ3v) is 3.71. The van der Waals surface area contributed by atoms with Gasteiger partial charge in [-0.05, 0) is 34.1 Å². The maximum Gasteiger partial charge on any atom is 0.240 e. The van der Waals surface area contributed by atoms with Crippen molar-refractivity contribution in [2.45, 2.75) is 4.90 Å². The molecule has 0 saturated carbocycles. The number of hydrogen-bond donors (Lipinski definition) is 2. The molecule has 0 aliphatic rings. The molecule has 0 heterocycles. The Labute approximate surface area is 95.3 Å². The Morgan fingerprint density at radius 1 is 1.47 bits per heavy atom. The highest BCUT2D eigenvalue weighted by molar-refractivity contribution is 9.10. The van der Waals surface area contributed by atoms with Gasteiger partial charge in [0, 0.05) is 6.54 Å². The first-order valence-electron chi connectivity index (χ1n) is 4.03. The summed E-state index contributed by atoms with van der Waals surface area (Å²) in [6.45, 7) is -0.405. The van der Waals surface area contributed by atoms with Crippen LogP contribution in [0.1, 0.15) is 0 Å². The van der Waals surface area contributed by atoms with E-state index in [1.165, 1.54) is 12.1 Å². The van der Waals surface area contributed by atoms with E-state index in [2.05, 4.69) is 20.7 Å². The highest BCUT2D eigenvalue weighted by Gasteiger charge is 2.14. The zero-order chi connectivity index (χ0) is 11.5. The average molecular weight is 298 g/mol. The molecule has 0 atom stereocenters. The summed E-state index contributed by atoms with van der Waals surface area (Å²) >= 11 is 2.92. The lowest BCUT2D eigenvalue weighted by Gasteiger charge is -2.05. The molecule has 84 valence electrons. The van der Waals surface area contributed by atoms with Gasteiger partial charge in [-0.1, -0.05) is 0 Å². The molecule has 0 unspecified atom stereocenters. The van der Waals surface area contributed by atoms with Crippen LogP contribution in [0.2, 0.25) is 0 Å². The first-order valence-corrected chi connectivity index (χ1v) is 6.30. The van der Waals surface area contributed by atoms with Crippen molar-refractivity contribution >= 4 is 26.0 Å². The van der Waals surface area contributed by atoms with Crippen LogP contribution in [0.3, 0.4) is 0 Å². The Morgan fingerprint density at radius 3 is 2.67 bits per heavy atom. The Morgan fingerprint density at radius 2 is 2.13 bits per heavy atom. The number of aliphatic hydroxyl groups excluding tert-OH is 1. The topological polar surface area (TPSA) is 66.4 Å². The first-order chi connectivity index (χ1) is 6.97. The predicted molar refractivity (Wildman–Crippen MR) is 56.4 cm³/mol. The zero-order valence-corrected chi connectivity index (χ0v) is 9.98. The Hall–Kier alpha value is -0.500. The van der Waals surface area contributed by atoms with Gasteiger partial charge in [-0.2, -0.15) is 0 Å². The molecule has 0 aromatic heterocycles. The zero-order valence-electron chi connectivity index (χ0n) is 7.57. The second-order valence-electron chi connectivity index (χ2n) is 2.70. The molecule has 0 fully saturated rings. The lowest BCUT2D eigenvalue weighted by atomic mass is 10.3. The summed E-state index contributed by atoms with van der Waals surface area (Å²) in [5.41, 5.74) is 0. The molecule has 0 spiro atoms. The number of hydrogen-bond acceptors (Lipinski definition) is 3. The van der Waals surface area contributed by atoms with Crippen LogP contribution in [-0.4, -0.2) is 26.7 Å². The standard InChI is InChI=1S/C8H9BrFNO3S/c9-7-2-1-6(5-8(7)10)15(13,14)11-3-4-12/h1-2,5,11-12H,3-4H2. The van der Waals surface area contributed by atoms with Crippen molar-refractivity contribution in [1.82, 2.24) is 4.72 Å². The van der Waals surface area contributed by atoms with Gasteiger partial charge >= 0.3 is 0 Å². The van der Waals surface area contributed by atoms with Crippen LogP contribution < -0.4 is 4.72 Å². The Kier molecular flexibility index (Phi) is 4.21. The fourth-order valence-corrected chi connectivity index (χ4v) is 2.19. The maximum atomic E-state index is 13.0. The molecule has 1 rings (SSSR count). The van der Waals surface area contributed by atoms with Crippen LogP contribution in [-0.2, 0) is 10.0 Å². The van der Waals surface area contributed by atoms with Gasteiger partial charge in [0.25, 0.3) is 0 Å². The van der Waals surface area contributed by atoms with Crippen molar-refractivity contribution in [2.24, 2.45) is 0 Å². The number of halogens is 2. The van der Waals surface area contributed by atoms with Gasteiger partial charge in [-0.3, -0.25) is 0 Å². The van der Waals surface area contributed by atoms with Crippen LogP contribution in [0.5, 0.6) is 0 Å². The average Bonchev–Trinajstić information content (AvgIpc) is 2.19. The molecule has 0 radical (unpaired) electrons. The van der Waals surface area contributed by atoms with Crippen LogP contribution in [0.15, 0.2) is 27.6 Å². The summed E-state index contributed by atoms with van der Waals surface area (Å²) in [4.78, 5) is -0.170. The quantitative estimate of drug-likeness (QED) is 0.866. The predicted octanol–water partition coefficient (Wildman–Crippen LogP) is 0.859. The highest BCUT2D eigenvalue weighted by Crippen LogP contribution is 2.18. The third-order valence-electron chi connectivity index (χ3n) is 1.61. The van der Waals surface area contributed by atoms with Gasteiger partial charge in [0.1, 0.15) is 5.82 Å². The minimum Gasteiger partial charge on any atom is -0.395 e. The lowest BCUT2D eigenvalue weighted by molar-refractivity contribution is 0.301. The van der Waals surface area contributed by atoms with E-state index < -0.39 is 15.8 Å². The van der Waals surface area contributed by atoms with E-state index in [-0.39, 0.29) is 22.5 Å². The highest BCUT2D eigenvalue weighted by atomic mass is 79.9. The largest absolute Gasteiger partial charge is 0.395 e. The van der Waals surface area contributed by atoms with Gasteiger partial charge in [0.05, 0.1) is 16.0 Å². The van der Waals surface area contributed by atoms with Crippen LogP contribution >= 0.6 is 15.9 Å². The van der Waals surface area contributed by atoms with E-state index in [9.17, 15) is 12.8 Å². The van der Waals surface area contributed by atoms with Gasteiger partial charge in [0.2, 0.25) is 10.0 Å². The molecule has 1 aromatic rings. The maximum absolute atomic E-state index is 13.0. The summed E-state index contributed by atoms with van der Waals surface area (Å²) in [5.74, 6) is -0.651. The fraction of sp³-hybridized carbons (Fsp3) is 0.250. The van der Waals surface area contributed by atoms with Crippen LogP contribution in [0.4, 0.5) is 4.39 Å². The lowest BCUT2D eigenvalue weighted by Crippen LogP contribution is -2.26. The van der Waals surface area contributed by atoms with Crippen molar-refractivity contribution in [1.29, 1.82) is 0 Å². The first kappa shape index (κ1) is 12.6. The number of benzene rings is 1. The molecular weight excluding hydrogens is 289 g/mol. The number of aliphatic hydroxyl groups is 1. The molecule has 2 N–H and O–H groups in total. The van der Waals surface area contributed by atoms with E-state index in [1.54, 1.807) is 0 Å². The summed E-state index contributed by atoms with van der Waals surface area (Å²) in [5, 5.41) is 8.47. The van der Waals surface area contributed by atoms with Crippen molar-refractivity contribution in [3.63, 3.8) is 0 Å². The van der Waals surface area contributed by atoms with Gasteiger partial charge in [-0.15, -0.1) is 0 Å². The third kappa shape index (κ3) is 3.23. The number of rotatable bonds is 4. The monoisotopic (exact) mass is 297 g/mol. The SMILES string of the molecule is O=S(=O)(NCCO)c1ccc(Br)c(F)c1. The van der Waals surface area contributed by atoms with Gasteiger partial charge in [0.15, 0.2) is 0 Å². The smallest absolute Gasteiger partial charge is 0.240 e. The second kappa shape index (κ2) is 5.02. The molecule has 0 saturated heterocycles. The van der Waals surface area contributed by atoms with E-state index in [1.807, 2.05) is 0 Å². The molecule has 15 heavy (non-hydrogen) atoms. The Balaban J connectivity index is 3.00. The van der Waals surface area contributed by atoms with Crippen molar-refractivity contribution in [3.05, 3.63) is 28.5 Å². The summed E-state index contributed by atoms with van der Waals surface area (Å²) < 4.78 is 38.3. The molecule has 0 aliphatic heterocycles. The summed E-state index contributed by atoms with van der Waals surface area (Å²) in [7, 11) is -3.73. The van der Waals surface area contributed by atoms with E-state index in [0.717, 1.165) is 6.07 Å². The molecule has 0 bridgehead atoms. The van der Waals surface area contributed by atoms with E-state index >= 15 is 0 Å². The summed E-state index contributed by atoms with van der Waals surface area (Å²) in [6.07, 6.45) is 0. The van der Waals surface area contributed by atoms with Gasteiger partial charge in [-0.25, -0.2) is 17.5 Å².